The molecule has 0 fully saturated rings. The Morgan fingerprint density at radius 3 is 2.43 bits per heavy atom. The van der Waals surface area contributed by atoms with Gasteiger partial charge >= 0.3 is 0 Å². The van der Waals surface area contributed by atoms with Gasteiger partial charge in [0.15, 0.2) is 0 Å². The van der Waals surface area contributed by atoms with Crippen molar-refractivity contribution in [2.75, 3.05) is 18.1 Å². The Morgan fingerprint density at radius 1 is 0.821 bits per heavy atom. The van der Waals surface area contributed by atoms with Crippen molar-refractivity contribution in [3.8, 4) is 0 Å². The lowest BCUT2D eigenvalue weighted by atomic mass is 10.1. The number of hydrogen-bond donors (Lipinski definition) is 0. The van der Waals surface area contributed by atoms with E-state index in [1.807, 2.05) is 0 Å². The Labute approximate surface area is 186 Å². The normalized spacial score (nSPS) is 13.6. The molecule has 3 aromatic rings. The van der Waals surface area contributed by atoms with Crippen molar-refractivity contribution >= 4 is 51.5 Å². The Hall–Kier alpha value is -1.69. The van der Waals surface area contributed by atoms with E-state index in [4.69, 9.17) is 0 Å². The van der Waals surface area contributed by atoms with Gasteiger partial charge in [0.1, 0.15) is 0 Å². The van der Waals surface area contributed by atoms with Crippen LogP contribution in [-0.2, 0) is 7.05 Å². The van der Waals surface area contributed by atoms with Crippen LogP contribution in [0.3, 0.4) is 0 Å². The van der Waals surface area contributed by atoms with Gasteiger partial charge in [-0.1, -0.05) is 57.2 Å². The smallest absolute Gasteiger partial charge is 0.0941 e. The number of nitrogens with zero attached hydrogens (tertiary/aromatic N) is 3. The van der Waals surface area contributed by atoms with Crippen LogP contribution >= 0.6 is 24.0 Å². The van der Waals surface area contributed by atoms with Gasteiger partial charge in [0.05, 0.1) is 6.67 Å². The number of hydrogen-bond acceptors (Lipinski definition) is 2. The first kappa shape index (κ1) is 21.0. The highest BCUT2D eigenvalue weighted by Crippen LogP contribution is 2.32. The fraction of sp³-hybridized carbons (Fsp3) is 0.417. The predicted molar refractivity (Wildman–Crippen MR) is 132 cm³/mol. The number of aryl methyl sites for hydroxylation is 1. The zero-order valence-electron chi connectivity index (χ0n) is 17.1. The fourth-order valence-corrected chi connectivity index (χ4v) is 4.21. The van der Waals surface area contributed by atoms with Gasteiger partial charge in [-0.15, -0.1) is 24.0 Å². The molecule has 2 heterocycles. The van der Waals surface area contributed by atoms with Crippen LogP contribution in [0.25, 0.3) is 21.8 Å². The molecule has 3 nitrogen and oxygen atoms in total. The molecule has 1 aromatic heterocycles. The van der Waals surface area contributed by atoms with Gasteiger partial charge in [0.2, 0.25) is 0 Å². The topological polar surface area (TPSA) is 11.4 Å². The molecule has 0 amide bonds. The minimum absolute atomic E-state index is 0. The molecule has 0 bridgehead atoms. The molecule has 4 heteroatoms. The van der Waals surface area contributed by atoms with Crippen LogP contribution in [0.15, 0.2) is 54.9 Å². The molecule has 0 unspecified atom stereocenters. The summed E-state index contributed by atoms with van der Waals surface area (Å²) in [7, 11) is 2.16. The van der Waals surface area contributed by atoms with E-state index < -0.39 is 0 Å². The standard InChI is InChI=1S/C24H31N3.HI/c1-3-4-5-6-7-10-15-26-16-17-27(19-26)20-13-14-24-22(18-20)21-11-8-9-12-23(21)25(24)2;/h8-9,11-14,16-18H,3-7,10,15,19H2,1-2H3;1H. The largest absolute Gasteiger partial charge is 0.358 e. The van der Waals surface area contributed by atoms with Crippen molar-refractivity contribution in [1.82, 2.24) is 9.47 Å². The van der Waals surface area contributed by atoms with Crippen molar-refractivity contribution in [3.63, 3.8) is 0 Å². The summed E-state index contributed by atoms with van der Waals surface area (Å²) in [5, 5.41) is 2.68. The molecule has 4 rings (SSSR count). The zero-order valence-corrected chi connectivity index (χ0v) is 19.4. The van der Waals surface area contributed by atoms with Crippen LogP contribution in [0.4, 0.5) is 5.69 Å². The molecule has 150 valence electrons. The molecule has 0 N–H and O–H groups in total. The van der Waals surface area contributed by atoms with E-state index in [0.717, 1.165) is 13.2 Å². The summed E-state index contributed by atoms with van der Waals surface area (Å²) in [6.07, 6.45) is 12.6. The van der Waals surface area contributed by atoms with Gasteiger partial charge in [0.25, 0.3) is 0 Å². The third-order valence-electron chi connectivity index (χ3n) is 5.82. The molecule has 0 atom stereocenters. The first-order chi connectivity index (χ1) is 13.3. The van der Waals surface area contributed by atoms with Crippen molar-refractivity contribution in [2.45, 2.75) is 45.4 Å². The van der Waals surface area contributed by atoms with Gasteiger partial charge in [-0.3, -0.25) is 0 Å². The van der Waals surface area contributed by atoms with Crippen molar-refractivity contribution in [2.24, 2.45) is 7.05 Å². The summed E-state index contributed by atoms with van der Waals surface area (Å²) in [6, 6.07) is 15.5. The van der Waals surface area contributed by atoms with E-state index >= 15 is 0 Å². The van der Waals surface area contributed by atoms with Crippen LogP contribution in [0.1, 0.15) is 45.4 Å². The van der Waals surface area contributed by atoms with Crippen molar-refractivity contribution < 1.29 is 0 Å². The number of benzene rings is 2. The van der Waals surface area contributed by atoms with Gasteiger partial charge < -0.3 is 14.4 Å². The first-order valence-electron chi connectivity index (χ1n) is 10.4. The van der Waals surface area contributed by atoms with Crippen LogP contribution < -0.4 is 4.90 Å². The van der Waals surface area contributed by atoms with E-state index in [2.05, 4.69) is 83.2 Å². The summed E-state index contributed by atoms with van der Waals surface area (Å²) >= 11 is 0. The van der Waals surface area contributed by atoms with Crippen LogP contribution in [0.2, 0.25) is 0 Å². The number of aromatic nitrogens is 1. The first-order valence-corrected chi connectivity index (χ1v) is 10.4. The quantitative estimate of drug-likeness (QED) is 0.253. The van der Waals surface area contributed by atoms with Crippen LogP contribution in [-0.4, -0.2) is 22.7 Å². The van der Waals surface area contributed by atoms with E-state index in [1.54, 1.807) is 0 Å². The molecule has 2 aromatic carbocycles. The summed E-state index contributed by atoms with van der Waals surface area (Å²) in [5.74, 6) is 0. The number of anilines is 1. The Kier molecular flexibility index (Phi) is 7.27. The average molecular weight is 489 g/mol. The zero-order chi connectivity index (χ0) is 18.6. The van der Waals surface area contributed by atoms with Gasteiger partial charge in [-0.05, 0) is 30.7 Å². The molecule has 1 aliphatic heterocycles. The lowest BCUT2D eigenvalue weighted by molar-refractivity contribution is 0.388. The maximum Gasteiger partial charge on any atom is 0.0941 e. The highest BCUT2D eigenvalue weighted by Gasteiger charge is 2.15. The molecule has 28 heavy (non-hydrogen) atoms. The third-order valence-corrected chi connectivity index (χ3v) is 5.82. The number of para-hydroxylation sites is 1. The number of halogens is 1. The fourth-order valence-electron chi connectivity index (χ4n) is 4.21. The average Bonchev–Trinajstić information content (AvgIpc) is 3.28. The molecule has 0 radical (unpaired) electrons. The molecule has 1 aliphatic rings. The van der Waals surface area contributed by atoms with E-state index in [0.29, 0.717) is 0 Å². The minimum Gasteiger partial charge on any atom is -0.358 e. The number of rotatable bonds is 8. The lowest BCUT2D eigenvalue weighted by Gasteiger charge is -2.21. The second-order valence-electron chi connectivity index (χ2n) is 7.77. The summed E-state index contributed by atoms with van der Waals surface area (Å²) < 4.78 is 2.29. The third kappa shape index (κ3) is 4.32. The molecule has 0 saturated carbocycles. The molecule has 0 spiro atoms. The monoisotopic (exact) mass is 489 g/mol. The maximum atomic E-state index is 2.44. The number of fused-ring (bicyclic) bond motifs is 3. The van der Waals surface area contributed by atoms with Gasteiger partial charge in [-0.25, -0.2) is 0 Å². The van der Waals surface area contributed by atoms with Crippen LogP contribution in [0.5, 0.6) is 0 Å². The Morgan fingerprint density at radius 2 is 1.57 bits per heavy atom. The molecule has 0 saturated heterocycles. The van der Waals surface area contributed by atoms with E-state index in [1.165, 1.54) is 66.0 Å². The second-order valence-corrected chi connectivity index (χ2v) is 7.77. The molecular weight excluding hydrogens is 457 g/mol. The highest BCUT2D eigenvalue weighted by molar-refractivity contribution is 14.0. The molecule has 0 aliphatic carbocycles. The minimum atomic E-state index is 0. The predicted octanol–water partition coefficient (Wildman–Crippen LogP) is 6.86. The Balaban J connectivity index is 0.00000225. The maximum absolute atomic E-state index is 2.44. The van der Waals surface area contributed by atoms with Crippen molar-refractivity contribution in [3.05, 3.63) is 54.9 Å². The number of unbranched alkanes of at least 4 members (excludes halogenated alkanes) is 5. The second kappa shape index (κ2) is 9.68. The lowest BCUT2D eigenvalue weighted by Crippen LogP contribution is -2.25. The Bertz CT molecular complexity index is 944. The van der Waals surface area contributed by atoms with E-state index in [-0.39, 0.29) is 24.0 Å². The SMILES string of the molecule is CCCCCCCCN1C=CN(c2ccc3c(c2)c2ccccc2n3C)C1.I. The van der Waals surface area contributed by atoms with E-state index in [9.17, 15) is 0 Å². The van der Waals surface area contributed by atoms with Crippen molar-refractivity contribution in [1.29, 1.82) is 0 Å². The molecular formula is C24H32IN3. The summed E-state index contributed by atoms with van der Waals surface area (Å²) in [6.45, 7) is 4.40. The van der Waals surface area contributed by atoms with Crippen LogP contribution in [0, 0.1) is 0 Å². The van der Waals surface area contributed by atoms with Gasteiger partial charge in [0, 0.05) is 53.5 Å². The highest BCUT2D eigenvalue weighted by atomic mass is 127. The van der Waals surface area contributed by atoms with Gasteiger partial charge in [-0.2, -0.15) is 0 Å². The summed E-state index contributed by atoms with van der Waals surface area (Å²) in [5.41, 5.74) is 3.87. The summed E-state index contributed by atoms with van der Waals surface area (Å²) in [4.78, 5) is 4.80.